The fourth-order valence-electron chi connectivity index (χ4n) is 6.81. The zero-order chi connectivity index (χ0) is 28.6. The Balaban J connectivity index is 1.70. The molecule has 2 heterocycles. The van der Waals surface area contributed by atoms with Crippen LogP contribution in [0.2, 0.25) is 5.02 Å². The Hall–Kier alpha value is -3.90. The van der Waals surface area contributed by atoms with Crippen molar-refractivity contribution in [1.29, 1.82) is 0 Å². The van der Waals surface area contributed by atoms with Crippen molar-refractivity contribution in [3.8, 4) is 11.5 Å². The van der Waals surface area contributed by atoms with Crippen molar-refractivity contribution in [3.63, 3.8) is 0 Å². The molecule has 0 saturated carbocycles. The Labute approximate surface area is 238 Å². The number of ether oxygens (including phenoxy) is 2. The number of ketones is 3. The van der Waals surface area contributed by atoms with Crippen LogP contribution in [0.1, 0.15) is 58.5 Å². The van der Waals surface area contributed by atoms with Crippen molar-refractivity contribution < 1.29 is 23.9 Å². The number of halogens is 1. The standard InChI is InChI=1S/C33H30ClNO5/c1-32(2,3)31(38)28-27(19-10-14-24(39-4)25(17-19)40-5)33(29(36)21-8-6-7-9-22(21)30(33)37)26-15-11-18-16-20(34)12-13-23(18)35(26)28/h6-17,26-28H,1-5H3/t26-,27-,28+/m0/s1. The van der Waals surface area contributed by atoms with Gasteiger partial charge in [0.1, 0.15) is 5.41 Å². The molecule has 6 rings (SSSR count). The van der Waals surface area contributed by atoms with E-state index in [-0.39, 0.29) is 17.3 Å². The molecule has 1 saturated heterocycles. The first kappa shape index (κ1) is 26.3. The monoisotopic (exact) mass is 555 g/mol. The van der Waals surface area contributed by atoms with Gasteiger partial charge in [0.2, 0.25) is 0 Å². The second kappa shape index (κ2) is 9.07. The highest BCUT2D eigenvalue weighted by Gasteiger charge is 2.72. The van der Waals surface area contributed by atoms with Crippen LogP contribution in [-0.2, 0) is 4.79 Å². The highest BCUT2D eigenvalue weighted by Crippen LogP contribution is 2.61. The largest absolute Gasteiger partial charge is 0.493 e. The van der Waals surface area contributed by atoms with Gasteiger partial charge in [-0.25, -0.2) is 0 Å². The summed E-state index contributed by atoms with van der Waals surface area (Å²) in [5.41, 5.74) is 0.693. The lowest BCUT2D eigenvalue weighted by molar-refractivity contribution is -0.127. The first-order valence-corrected chi connectivity index (χ1v) is 13.6. The van der Waals surface area contributed by atoms with Crippen molar-refractivity contribution in [2.24, 2.45) is 10.8 Å². The van der Waals surface area contributed by atoms with Gasteiger partial charge in [-0.05, 0) is 41.5 Å². The average molecular weight is 556 g/mol. The minimum absolute atomic E-state index is 0.0677. The quantitative estimate of drug-likeness (QED) is 0.347. The van der Waals surface area contributed by atoms with Gasteiger partial charge in [0.05, 0.1) is 26.3 Å². The molecule has 0 aromatic heterocycles. The maximum absolute atomic E-state index is 14.7. The molecule has 40 heavy (non-hydrogen) atoms. The van der Waals surface area contributed by atoms with Gasteiger partial charge in [0.25, 0.3) is 0 Å². The van der Waals surface area contributed by atoms with Crippen molar-refractivity contribution in [2.45, 2.75) is 38.8 Å². The van der Waals surface area contributed by atoms with E-state index in [0.29, 0.717) is 33.2 Å². The number of anilines is 1. The molecule has 0 amide bonds. The third-order valence-electron chi connectivity index (χ3n) is 8.54. The number of hydrogen-bond acceptors (Lipinski definition) is 6. The highest BCUT2D eigenvalue weighted by molar-refractivity contribution is 6.32. The van der Waals surface area contributed by atoms with Gasteiger partial charge in [-0.1, -0.05) is 74.9 Å². The third-order valence-corrected chi connectivity index (χ3v) is 8.78. The predicted octanol–water partition coefficient (Wildman–Crippen LogP) is 6.41. The summed E-state index contributed by atoms with van der Waals surface area (Å²) in [4.78, 5) is 45.8. The van der Waals surface area contributed by atoms with Gasteiger partial charge < -0.3 is 14.4 Å². The normalized spacial score (nSPS) is 22.2. The average Bonchev–Trinajstić information content (AvgIpc) is 3.37. The molecule has 1 fully saturated rings. The minimum Gasteiger partial charge on any atom is -0.493 e. The number of carbonyl (C=O) groups excluding carboxylic acids is 3. The van der Waals surface area contributed by atoms with Crippen LogP contribution >= 0.6 is 11.6 Å². The van der Waals surface area contributed by atoms with E-state index in [4.69, 9.17) is 21.1 Å². The maximum atomic E-state index is 14.7. The number of fused-ring (bicyclic) bond motifs is 5. The third kappa shape index (κ3) is 3.45. The molecule has 0 radical (unpaired) electrons. The SMILES string of the molecule is COc1ccc([C@H]2[C@H](C(=O)C(C)(C)C)N3c4ccc(Cl)cc4C=C[C@H]3C23C(=O)c2ccccc2C3=O)cc1OC. The summed E-state index contributed by atoms with van der Waals surface area (Å²) in [6.07, 6.45) is 3.80. The lowest BCUT2D eigenvalue weighted by Crippen LogP contribution is -2.49. The summed E-state index contributed by atoms with van der Waals surface area (Å²) in [6, 6.07) is 16.3. The van der Waals surface area contributed by atoms with E-state index in [1.807, 2.05) is 56.0 Å². The van der Waals surface area contributed by atoms with Gasteiger partial charge in [0.15, 0.2) is 28.8 Å². The highest BCUT2D eigenvalue weighted by atomic mass is 35.5. The van der Waals surface area contributed by atoms with Gasteiger partial charge in [-0.2, -0.15) is 0 Å². The van der Waals surface area contributed by atoms with Gasteiger partial charge in [-0.15, -0.1) is 0 Å². The lowest BCUT2D eigenvalue weighted by Gasteiger charge is -2.38. The topological polar surface area (TPSA) is 72.9 Å². The van der Waals surface area contributed by atoms with Crippen LogP contribution in [0.15, 0.2) is 66.7 Å². The van der Waals surface area contributed by atoms with Crippen molar-refractivity contribution in [2.75, 3.05) is 19.1 Å². The molecule has 204 valence electrons. The summed E-state index contributed by atoms with van der Waals surface area (Å²) in [7, 11) is 3.09. The molecule has 6 nitrogen and oxygen atoms in total. The number of carbonyl (C=O) groups is 3. The summed E-state index contributed by atoms with van der Waals surface area (Å²) < 4.78 is 11.1. The zero-order valence-corrected chi connectivity index (χ0v) is 23.8. The molecule has 0 bridgehead atoms. The molecule has 3 aromatic rings. The summed E-state index contributed by atoms with van der Waals surface area (Å²) in [6.45, 7) is 5.61. The Bertz CT molecular complexity index is 1580. The number of methoxy groups -OCH3 is 2. The van der Waals surface area contributed by atoms with Crippen molar-refractivity contribution in [1.82, 2.24) is 0 Å². The molecule has 3 atom stereocenters. The molecule has 3 aliphatic rings. The fourth-order valence-corrected chi connectivity index (χ4v) is 6.99. The second-order valence-corrected chi connectivity index (χ2v) is 12.1. The number of rotatable bonds is 4. The maximum Gasteiger partial charge on any atom is 0.180 e. The molecule has 7 heteroatoms. The van der Waals surface area contributed by atoms with E-state index in [1.54, 1.807) is 49.6 Å². The van der Waals surface area contributed by atoms with Crippen molar-refractivity contribution in [3.05, 3.63) is 94.0 Å². The molecular formula is C33H30ClNO5. The van der Waals surface area contributed by atoms with E-state index < -0.39 is 28.8 Å². The summed E-state index contributed by atoms with van der Waals surface area (Å²) in [5, 5.41) is 0.561. The predicted molar refractivity (Wildman–Crippen MR) is 155 cm³/mol. The van der Waals surface area contributed by atoms with E-state index >= 15 is 0 Å². The Kier molecular flexibility index (Phi) is 5.97. The van der Waals surface area contributed by atoms with Gasteiger partial charge in [-0.3, -0.25) is 14.4 Å². The van der Waals surface area contributed by atoms with Crippen molar-refractivity contribution >= 4 is 40.7 Å². The van der Waals surface area contributed by atoms with Crippen LogP contribution in [0.5, 0.6) is 11.5 Å². The van der Waals surface area contributed by atoms with Crippen LogP contribution in [0.3, 0.4) is 0 Å². The molecule has 3 aromatic carbocycles. The molecular weight excluding hydrogens is 526 g/mol. The van der Waals surface area contributed by atoms with Gasteiger partial charge in [0, 0.05) is 33.2 Å². The first-order chi connectivity index (χ1) is 19.0. The Morgan fingerprint density at radius 2 is 1.55 bits per heavy atom. The molecule has 1 aliphatic carbocycles. The molecule has 0 unspecified atom stereocenters. The molecule has 2 aliphatic heterocycles. The van der Waals surface area contributed by atoms with Crippen LogP contribution in [0.25, 0.3) is 6.08 Å². The van der Waals surface area contributed by atoms with E-state index in [0.717, 1.165) is 11.3 Å². The van der Waals surface area contributed by atoms with E-state index in [1.165, 1.54) is 7.11 Å². The molecule has 1 spiro atoms. The lowest BCUT2D eigenvalue weighted by atomic mass is 9.63. The van der Waals surface area contributed by atoms with E-state index in [2.05, 4.69) is 0 Å². The van der Waals surface area contributed by atoms with Gasteiger partial charge >= 0.3 is 0 Å². The summed E-state index contributed by atoms with van der Waals surface area (Å²) >= 11 is 6.35. The van der Waals surface area contributed by atoms with Crippen LogP contribution < -0.4 is 14.4 Å². The fraction of sp³-hybridized carbons (Fsp3) is 0.303. The Morgan fingerprint density at radius 1 is 0.900 bits per heavy atom. The second-order valence-electron chi connectivity index (χ2n) is 11.6. The van der Waals surface area contributed by atoms with E-state index in [9.17, 15) is 14.4 Å². The number of Topliss-reactive ketones (excluding diaryl/α,β-unsaturated/α-hetero) is 3. The number of benzene rings is 3. The van der Waals surface area contributed by atoms with Crippen LogP contribution in [-0.4, -0.2) is 43.7 Å². The molecule has 0 N–H and O–H groups in total. The minimum atomic E-state index is -1.57. The number of nitrogens with zero attached hydrogens (tertiary/aromatic N) is 1. The Morgan fingerprint density at radius 3 is 2.15 bits per heavy atom. The number of hydrogen-bond donors (Lipinski definition) is 0. The summed E-state index contributed by atoms with van der Waals surface area (Å²) in [5.74, 6) is -0.435. The van der Waals surface area contributed by atoms with Crippen LogP contribution in [0, 0.1) is 10.8 Å². The smallest absolute Gasteiger partial charge is 0.180 e. The zero-order valence-electron chi connectivity index (χ0n) is 23.0. The van der Waals surface area contributed by atoms with Crippen LogP contribution in [0.4, 0.5) is 5.69 Å². The first-order valence-electron chi connectivity index (χ1n) is 13.3.